The molecule has 0 aliphatic carbocycles. The fraction of sp³-hybridized carbons (Fsp3) is 0.727. The minimum atomic E-state index is -0.971. The summed E-state index contributed by atoms with van der Waals surface area (Å²) >= 11 is 0. The summed E-state index contributed by atoms with van der Waals surface area (Å²) in [6.07, 6.45) is 1.96. The van der Waals surface area contributed by atoms with Crippen LogP contribution in [0, 0.1) is 0 Å². The Morgan fingerprint density at radius 3 is 3.00 bits per heavy atom. The lowest BCUT2D eigenvalue weighted by Crippen LogP contribution is -2.42. The number of carboxylic acids is 1. The first-order chi connectivity index (χ1) is 7.63. The van der Waals surface area contributed by atoms with Gasteiger partial charge in [0.05, 0.1) is 31.5 Å². The van der Waals surface area contributed by atoms with E-state index in [2.05, 4.69) is 6.58 Å². The Bertz CT molecular complexity index is 241. The van der Waals surface area contributed by atoms with Crippen LogP contribution in [0.5, 0.6) is 0 Å². The van der Waals surface area contributed by atoms with E-state index < -0.39 is 5.97 Å². The molecule has 1 aliphatic heterocycles. The molecular weight excluding hydrogens is 212 g/mol. The second-order valence-corrected chi connectivity index (χ2v) is 3.76. The van der Waals surface area contributed by atoms with E-state index >= 15 is 0 Å². The van der Waals surface area contributed by atoms with Crippen molar-refractivity contribution in [3.63, 3.8) is 0 Å². The molecule has 0 aromatic heterocycles. The topological polar surface area (TPSA) is 65.0 Å². The smallest absolute Gasteiger partial charge is 0.329 e. The van der Waals surface area contributed by atoms with Crippen LogP contribution in [0.2, 0.25) is 0 Å². The van der Waals surface area contributed by atoms with Crippen LogP contribution in [0.25, 0.3) is 0 Å². The van der Waals surface area contributed by atoms with Gasteiger partial charge in [-0.3, -0.25) is 0 Å². The van der Waals surface area contributed by atoms with Gasteiger partial charge in [-0.1, -0.05) is 6.08 Å². The van der Waals surface area contributed by atoms with Crippen LogP contribution in [-0.4, -0.2) is 49.2 Å². The van der Waals surface area contributed by atoms with Crippen molar-refractivity contribution in [1.29, 1.82) is 0 Å². The first-order valence-corrected chi connectivity index (χ1v) is 5.31. The third-order valence-electron chi connectivity index (χ3n) is 2.43. The molecule has 1 saturated heterocycles. The summed E-state index contributed by atoms with van der Waals surface area (Å²) in [6.45, 7) is 6.12. The van der Waals surface area contributed by atoms with Gasteiger partial charge in [-0.25, -0.2) is 4.79 Å². The lowest BCUT2D eigenvalue weighted by molar-refractivity contribution is -0.165. The summed E-state index contributed by atoms with van der Waals surface area (Å²) in [5.74, 6) is -0.971. The molecule has 1 unspecified atom stereocenters. The molecule has 0 spiro atoms. The normalized spacial score (nSPS) is 29.9. The molecule has 92 valence electrons. The Kier molecular flexibility index (Phi) is 5.45. The molecule has 0 amide bonds. The van der Waals surface area contributed by atoms with Crippen molar-refractivity contribution in [2.24, 2.45) is 0 Å². The van der Waals surface area contributed by atoms with Crippen LogP contribution >= 0.6 is 0 Å². The predicted octanol–water partition coefficient (Wildman–Crippen LogP) is 0.836. The number of carbonyl (C=O) groups is 1. The maximum atomic E-state index is 10.4. The van der Waals surface area contributed by atoms with E-state index in [4.69, 9.17) is 19.3 Å². The maximum Gasteiger partial charge on any atom is 0.329 e. The summed E-state index contributed by atoms with van der Waals surface area (Å²) in [4.78, 5) is 10.4. The standard InChI is InChI=1S/C11H18O5/c1-3-4-14-9-5-10(8(2)15-6-9)16-7-11(12)13/h3,8-10H,1,4-7H2,2H3,(H,12,13)/t8-,9+,10?/m0/s1. The van der Waals surface area contributed by atoms with Crippen LogP contribution in [-0.2, 0) is 19.0 Å². The van der Waals surface area contributed by atoms with Gasteiger partial charge in [-0.2, -0.15) is 0 Å². The summed E-state index contributed by atoms with van der Waals surface area (Å²) in [7, 11) is 0. The second kappa shape index (κ2) is 6.62. The van der Waals surface area contributed by atoms with Crippen LogP contribution in [0.4, 0.5) is 0 Å². The van der Waals surface area contributed by atoms with Crippen molar-refractivity contribution in [2.45, 2.75) is 31.7 Å². The molecule has 1 N–H and O–H groups in total. The van der Waals surface area contributed by atoms with Gasteiger partial charge in [0.25, 0.3) is 0 Å². The molecule has 0 aromatic carbocycles. The first-order valence-electron chi connectivity index (χ1n) is 5.31. The molecule has 5 heteroatoms. The zero-order valence-electron chi connectivity index (χ0n) is 9.43. The number of ether oxygens (including phenoxy) is 3. The van der Waals surface area contributed by atoms with Crippen molar-refractivity contribution in [3.05, 3.63) is 12.7 Å². The third kappa shape index (κ3) is 4.30. The maximum absolute atomic E-state index is 10.4. The van der Waals surface area contributed by atoms with E-state index in [1.165, 1.54) is 0 Å². The second-order valence-electron chi connectivity index (χ2n) is 3.76. The summed E-state index contributed by atoms with van der Waals surface area (Å²) in [6, 6.07) is 0. The number of carboxylic acid groups (broad SMARTS) is 1. The van der Waals surface area contributed by atoms with Crippen LogP contribution in [0.3, 0.4) is 0 Å². The highest BCUT2D eigenvalue weighted by molar-refractivity contribution is 5.68. The molecule has 1 aliphatic rings. The van der Waals surface area contributed by atoms with Crippen molar-refractivity contribution >= 4 is 5.97 Å². The fourth-order valence-electron chi connectivity index (χ4n) is 1.59. The van der Waals surface area contributed by atoms with Gasteiger partial charge in [-0.05, 0) is 6.92 Å². The van der Waals surface area contributed by atoms with E-state index in [0.717, 1.165) is 0 Å². The number of hydrogen-bond acceptors (Lipinski definition) is 4. The van der Waals surface area contributed by atoms with Gasteiger partial charge >= 0.3 is 5.97 Å². The Morgan fingerprint density at radius 1 is 1.62 bits per heavy atom. The van der Waals surface area contributed by atoms with Gasteiger partial charge < -0.3 is 19.3 Å². The molecule has 1 fully saturated rings. The molecule has 0 saturated carbocycles. The van der Waals surface area contributed by atoms with Crippen molar-refractivity contribution < 1.29 is 24.1 Å². The van der Waals surface area contributed by atoms with Crippen molar-refractivity contribution in [2.75, 3.05) is 19.8 Å². The van der Waals surface area contributed by atoms with Gasteiger partial charge in [0, 0.05) is 6.42 Å². The molecule has 0 bridgehead atoms. The average molecular weight is 230 g/mol. The van der Waals surface area contributed by atoms with Crippen molar-refractivity contribution in [1.82, 2.24) is 0 Å². The fourth-order valence-corrected chi connectivity index (χ4v) is 1.59. The lowest BCUT2D eigenvalue weighted by atomic mass is 10.0. The quantitative estimate of drug-likeness (QED) is 0.685. The molecule has 0 radical (unpaired) electrons. The Labute approximate surface area is 95.0 Å². The average Bonchev–Trinajstić information content (AvgIpc) is 2.26. The van der Waals surface area contributed by atoms with E-state index in [1.807, 2.05) is 6.92 Å². The van der Waals surface area contributed by atoms with Gasteiger partial charge in [0.1, 0.15) is 6.61 Å². The zero-order chi connectivity index (χ0) is 12.0. The molecule has 1 heterocycles. The molecule has 1 rings (SSSR count). The zero-order valence-corrected chi connectivity index (χ0v) is 9.43. The summed E-state index contributed by atoms with van der Waals surface area (Å²) in [5, 5.41) is 8.53. The minimum Gasteiger partial charge on any atom is -0.480 e. The van der Waals surface area contributed by atoms with E-state index in [9.17, 15) is 4.79 Å². The molecular formula is C11H18O5. The lowest BCUT2D eigenvalue weighted by Gasteiger charge is -2.33. The highest BCUT2D eigenvalue weighted by atomic mass is 16.6. The number of hydrogen-bond donors (Lipinski definition) is 1. The van der Waals surface area contributed by atoms with Crippen LogP contribution < -0.4 is 0 Å². The highest BCUT2D eigenvalue weighted by Crippen LogP contribution is 2.19. The predicted molar refractivity (Wildman–Crippen MR) is 57.3 cm³/mol. The number of rotatable bonds is 6. The van der Waals surface area contributed by atoms with Crippen LogP contribution in [0.1, 0.15) is 13.3 Å². The molecule has 5 nitrogen and oxygen atoms in total. The van der Waals surface area contributed by atoms with Crippen molar-refractivity contribution in [3.8, 4) is 0 Å². The largest absolute Gasteiger partial charge is 0.480 e. The Hall–Kier alpha value is -0.910. The van der Waals surface area contributed by atoms with Gasteiger partial charge in [-0.15, -0.1) is 6.58 Å². The molecule has 3 atom stereocenters. The third-order valence-corrected chi connectivity index (χ3v) is 2.43. The Morgan fingerprint density at radius 2 is 2.38 bits per heavy atom. The molecule has 0 aromatic rings. The van der Waals surface area contributed by atoms with E-state index in [-0.39, 0.29) is 24.9 Å². The summed E-state index contributed by atoms with van der Waals surface area (Å²) < 4.78 is 16.1. The van der Waals surface area contributed by atoms with Gasteiger partial charge in [0.15, 0.2) is 0 Å². The SMILES string of the molecule is C=CCO[C@H]1CO[C@@H](C)C(OCC(=O)O)C1. The first kappa shape index (κ1) is 13.2. The minimum absolute atomic E-state index is 0.0482. The van der Waals surface area contributed by atoms with E-state index in [1.54, 1.807) is 6.08 Å². The monoisotopic (exact) mass is 230 g/mol. The molecule has 16 heavy (non-hydrogen) atoms. The summed E-state index contributed by atoms with van der Waals surface area (Å²) in [5.41, 5.74) is 0. The Balaban J connectivity index is 2.35. The van der Waals surface area contributed by atoms with Crippen LogP contribution in [0.15, 0.2) is 12.7 Å². The van der Waals surface area contributed by atoms with E-state index in [0.29, 0.717) is 19.6 Å². The highest BCUT2D eigenvalue weighted by Gasteiger charge is 2.29. The van der Waals surface area contributed by atoms with Gasteiger partial charge in [0.2, 0.25) is 0 Å². The number of aliphatic carboxylic acids is 1.